The lowest BCUT2D eigenvalue weighted by molar-refractivity contribution is -0.128. The standard InChI is InChI=1S/C19H35N3O2/c1-16-13-20(15-19(24)7-4-3-5-8-19)14-18(16)22-10-6-9-21(11-12-22)17(2)23/h16,18,24H,3-15H2,1-2H3/t16-,18-/m0/s1. The summed E-state index contributed by atoms with van der Waals surface area (Å²) in [6.07, 6.45) is 6.65. The average Bonchev–Trinajstić information content (AvgIpc) is 2.74. The molecule has 0 radical (unpaired) electrons. The van der Waals surface area contributed by atoms with Crippen LogP contribution < -0.4 is 0 Å². The summed E-state index contributed by atoms with van der Waals surface area (Å²) in [4.78, 5) is 18.7. The lowest BCUT2D eigenvalue weighted by Gasteiger charge is -2.36. The quantitative estimate of drug-likeness (QED) is 0.849. The molecular weight excluding hydrogens is 302 g/mol. The highest BCUT2D eigenvalue weighted by atomic mass is 16.3. The van der Waals surface area contributed by atoms with Crippen LogP contribution in [0.3, 0.4) is 0 Å². The van der Waals surface area contributed by atoms with Crippen molar-refractivity contribution < 1.29 is 9.90 Å². The molecule has 3 aliphatic rings. The second kappa shape index (κ2) is 7.71. The van der Waals surface area contributed by atoms with Gasteiger partial charge in [0.25, 0.3) is 0 Å². The molecule has 2 saturated heterocycles. The zero-order chi connectivity index (χ0) is 17.2. The van der Waals surface area contributed by atoms with Crippen LogP contribution in [-0.2, 0) is 4.79 Å². The molecule has 0 aromatic heterocycles. The van der Waals surface area contributed by atoms with Gasteiger partial charge < -0.3 is 10.0 Å². The zero-order valence-corrected chi connectivity index (χ0v) is 15.5. The first-order valence-corrected chi connectivity index (χ1v) is 9.91. The normalized spacial score (nSPS) is 32.7. The maximum absolute atomic E-state index is 11.6. The molecule has 0 unspecified atom stereocenters. The van der Waals surface area contributed by atoms with Crippen molar-refractivity contribution in [3.05, 3.63) is 0 Å². The Hall–Kier alpha value is -0.650. The summed E-state index contributed by atoms with van der Waals surface area (Å²) < 4.78 is 0. The molecule has 1 N–H and O–H groups in total. The van der Waals surface area contributed by atoms with Gasteiger partial charge in [-0.1, -0.05) is 26.2 Å². The van der Waals surface area contributed by atoms with Crippen molar-refractivity contribution in [3.63, 3.8) is 0 Å². The number of aliphatic hydroxyl groups is 1. The average molecular weight is 338 g/mol. The summed E-state index contributed by atoms with van der Waals surface area (Å²) in [5, 5.41) is 10.9. The van der Waals surface area contributed by atoms with Gasteiger partial charge >= 0.3 is 0 Å². The number of hydrogen-bond acceptors (Lipinski definition) is 4. The fourth-order valence-corrected chi connectivity index (χ4v) is 5.02. The van der Waals surface area contributed by atoms with E-state index in [9.17, 15) is 9.90 Å². The van der Waals surface area contributed by atoms with Crippen molar-refractivity contribution in [2.24, 2.45) is 5.92 Å². The van der Waals surface area contributed by atoms with Crippen molar-refractivity contribution in [1.82, 2.24) is 14.7 Å². The minimum Gasteiger partial charge on any atom is -0.389 e. The Morgan fingerprint density at radius 1 is 1.04 bits per heavy atom. The van der Waals surface area contributed by atoms with Gasteiger partial charge in [-0.2, -0.15) is 0 Å². The number of hydrogen-bond donors (Lipinski definition) is 1. The van der Waals surface area contributed by atoms with E-state index in [4.69, 9.17) is 0 Å². The van der Waals surface area contributed by atoms with Crippen LogP contribution in [0.4, 0.5) is 0 Å². The molecule has 0 aromatic carbocycles. The summed E-state index contributed by atoms with van der Waals surface area (Å²) >= 11 is 0. The Morgan fingerprint density at radius 2 is 1.79 bits per heavy atom. The smallest absolute Gasteiger partial charge is 0.219 e. The molecule has 2 atom stereocenters. The van der Waals surface area contributed by atoms with E-state index in [1.54, 1.807) is 6.92 Å². The van der Waals surface area contributed by atoms with E-state index in [1.807, 2.05) is 4.90 Å². The highest BCUT2D eigenvalue weighted by molar-refractivity contribution is 5.73. The molecular formula is C19H35N3O2. The van der Waals surface area contributed by atoms with Gasteiger partial charge in [-0.3, -0.25) is 14.6 Å². The van der Waals surface area contributed by atoms with Crippen molar-refractivity contribution in [2.45, 2.75) is 64.0 Å². The van der Waals surface area contributed by atoms with E-state index in [0.29, 0.717) is 12.0 Å². The van der Waals surface area contributed by atoms with Gasteiger partial charge in [0.2, 0.25) is 5.91 Å². The zero-order valence-electron chi connectivity index (χ0n) is 15.5. The largest absolute Gasteiger partial charge is 0.389 e. The van der Waals surface area contributed by atoms with Gasteiger partial charge in [0, 0.05) is 58.8 Å². The number of rotatable bonds is 3. The summed E-state index contributed by atoms with van der Waals surface area (Å²) in [5.74, 6) is 0.846. The molecule has 1 aliphatic carbocycles. The lowest BCUT2D eigenvalue weighted by Crippen LogP contribution is -2.46. The molecule has 0 bridgehead atoms. The Morgan fingerprint density at radius 3 is 2.50 bits per heavy atom. The van der Waals surface area contributed by atoms with Crippen molar-refractivity contribution in [2.75, 3.05) is 45.8 Å². The number of nitrogens with zero attached hydrogens (tertiary/aromatic N) is 3. The number of carbonyl (C=O) groups is 1. The fourth-order valence-electron chi connectivity index (χ4n) is 5.02. The number of amides is 1. The molecule has 2 aliphatic heterocycles. The number of carbonyl (C=O) groups excluding carboxylic acids is 1. The van der Waals surface area contributed by atoms with E-state index in [-0.39, 0.29) is 5.91 Å². The SMILES string of the molecule is CC(=O)N1CCCN([C@H]2CN(CC3(O)CCCCC3)C[C@@H]2C)CC1. The minimum atomic E-state index is -0.447. The molecule has 5 heteroatoms. The van der Waals surface area contributed by atoms with Gasteiger partial charge in [-0.05, 0) is 25.2 Å². The monoisotopic (exact) mass is 337 g/mol. The Bertz CT molecular complexity index is 436. The van der Waals surface area contributed by atoms with Gasteiger partial charge in [0.05, 0.1) is 5.60 Å². The molecule has 2 heterocycles. The van der Waals surface area contributed by atoms with Crippen LogP contribution in [0.5, 0.6) is 0 Å². The van der Waals surface area contributed by atoms with E-state index in [1.165, 1.54) is 19.3 Å². The Kier molecular flexibility index (Phi) is 5.83. The highest BCUT2D eigenvalue weighted by Gasteiger charge is 2.39. The Labute approximate surface area is 147 Å². The van der Waals surface area contributed by atoms with Crippen LogP contribution in [0, 0.1) is 5.92 Å². The maximum atomic E-state index is 11.6. The molecule has 1 amide bonds. The molecule has 3 rings (SSSR count). The highest BCUT2D eigenvalue weighted by Crippen LogP contribution is 2.31. The van der Waals surface area contributed by atoms with E-state index in [2.05, 4.69) is 16.7 Å². The maximum Gasteiger partial charge on any atom is 0.219 e. The van der Waals surface area contributed by atoms with E-state index >= 15 is 0 Å². The predicted octanol–water partition coefficient (Wildman–Crippen LogP) is 1.56. The lowest BCUT2D eigenvalue weighted by atomic mass is 9.84. The summed E-state index contributed by atoms with van der Waals surface area (Å²) in [6, 6.07) is 0.573. The van der Waals surface area contributed by atoms with Crippen molar-refractivity contribution in [3.8, 4) is 0 Å². The van der Waals surface area contributed by atoms with Crippen LogP contribution in [-0.4, -0.2) is 83.2 Å². The van der Waals surface area contributed by atoms with Crippen LogP contribution in [0.2, 0.25) is 0 Å². The predicted molar refractivity (Wildman–Crippen MR) is 95.9 cm³/mol. The van der Waals surface area contributed by atoms with Gasteiger partial charge in [0.15, 0.2) is 0 Å². The van der Waals surface area contributed by atoms with Crippen molar-refractivity contribution in [1.29, 1.82) is 0 Å². The molecule has 5 nitrogen and oxygen atoms in total. The second-order valence-electron chi connectivity index (χ2n) is 8.42. The number of β-amino-alcohol motifs (C(OH)–C–C–N with tert-alkyl or cyclic N) is 1. The van der Waals surface area contributed by atoms with Crippen molar-refractivity contribution >= 4 is 5.91 Å². The van der Waals surface area contributed by atoms with Crippen LogP contribution in [0.15, 0.2) is 0 Å². The van der Waals surface area contributed by atoms with E-state index < -0.39 is 5.60 Å². The first kappa shape index (κ1) is 18.2. The molecule has 138 valence electrons. The summed E-state index contributed by atoms with van der Waals surface area (Å²) in [7, 11) is 0. The minimum absolute atomic E-state index is 0.206. The molecule has 0 spiro atoms. The fraction of sp³-hybridized carbons (Fsp3) is 0.947. The molecule has 0 aromatic rings. The third-order valence-electron chi connectivity index (χ3n) is 6.40. The first-order chi connectivity index (χ1) is 11.5. The molecule has 1 saturated carbocycles. The van der Waals surface area contributed by atoms with Gasteiger partial charge in [-0.15, -0.1) is 0 Å². The van der Waals surface area contributed by atoms with Gasteiger partial charge in [0.1, 0.15) is 0 Å². The topological polar surface area (TPSA) is 47.0 Å². The summed E-state index contributed by atoms with van der Waals surface area (Å²) in [5.41, 5.74) is -0.447. The third kappa shape index (κ3) is 4.30. The number of likely N-dealkylation sites (tertiary alicyclic amines) is 1. The van der Waals surface area contributed by atoms with E-state index in [0.717, 1.165) is 65.1 Å². The first-order valence-electron chi connectivity index (χ1n) is 9.91. The molecule has 24 heavy (non-hydrogen) atoms. The third-order valence-corrected chi connectivity index (χ3v) is 6.40. The van der Waals surface area contributed by atoms with Crippen LogP contribution in [0.1, 0.15) is 52.4 Å². The Balaban J connectivity index is 1.54. The van der Waals surface area contributed by atoms with Gasteiger partial charge in [-0.25, -0.2) is 0 Å². The van der Waals surface area contributed by atoms with Crippen LogP contribution >= 0.6 is 0 Å². The van der Waals surface area contributed by atoms with Crippen LogP contribution in [0.25, 0.3) is 0 Å². The summed E-state index contributed by atoms with van der Waals surface area (Å²) in [6.45, 7) is 10.9. The molecule has 3 fully saturated rings. The second-order valence-corrected chi connectivity index (χ2v) is 8.42.